The minimum atomic E-state index is -0.185. The number of nitrogens with zero attached hydrogens (tertiary/aromatic N) is 2. The van der Waals surface area contributed by atoms with Crippen molar-refractivity contribution in [3.05, 3.63) is 0 Å². The van der Waals surface area contributed by atoms with Gasteiger partial charge in [-0.3, -0.25) is 4.79 Å². The molecule has 0 aliphatic heterocycles. The Morgan fingerprint density at radius 3 is 2.37 bits per heavy atom. The van der Waals surface area contributed by atoms with Crippen LogP contribution in [0.2, 0.25) is 0 Å². The number of rotatable bonds is 7. The van der Waals surface area contributed by atoms with Crippen molar-refractivity contribution in [2.75, 3.05) is 40.9 Å². The van der Waals surface area contributed by atoms with E-state index in [0.29, 0.717) is 6.61 Å². The summed E-state index contributed by atoms with van der Waals surface area (Å²) >= 11 is 0. The zero-order valence-electron chi connectivity index (χ0n) is 12.7. The van der Waals surface area contributed by atoms with Gasteiger partial charge in [0.15, 0.2) is 0 Å². The molecule has 0 spiro atoms. The van der Waals surface area contributed by atoms with Crippen LogP contribution in [0.5, 0.6) is 0 Å². The van der Waals surface area contributed by atoms with Crippen LogP contribution in [-0.2, 0) is 9.53 Å². The normalized spacial score (nSPS) is 21.9. The second-order valence-electron chi connectivity index (χ2n) is 6.36. The Bertz CT molecular complexity index is 309. The van der Waals surface area contributed by atoms with Gasteiger partial charge in [0.25, 0.3) is 0 Å². The van der Waals surface area contributed by atoms with Gasteiger partial charge in [0.2, 0.25) is 5.91 Å². The second-order valence-corrected chi connectivity index (χ2v) is 6.36. The number of ether oxygens (including phenoxy) is 1. The minimum Gasteiger partial charge on any atom is -0.384 e. The maximum atomic E-state index is 12.4. The number of carbonyl (C=O) groups is 1. The lowest BCUT2D eigenvalue weighted by atomic mass is 10.1. The van der Waals surface area contributed by atoms with E-state index in [0.717, 1.165) is 32.0 Å². The summed E-state index contributed by atoms with van der Waals surface area (Å²) < 4.78 is 5.19. The van der Waals surface area contributed by atoms with Crippen molar-refractivity contribution >= 4 is 5.91 Å². The standard InChI is InChI=1S/C15H28N2O2/c1-16(13-6-4-5-7-13)10-11-17(2)14(18)15(8-9-15)12-19-3/h13H,4-12H2,1-3H3. The van der Waals surface area contributed by atoms with Crippen LogP contribution in [0.25, 0.3) is 0 Å². The summed E-state index contributed by atoms with van der Waals surface area (Å²) in [5.41, 5.74) is -0.185. The Hall–Kier alpha value is -0.610. The topological polar surface area (TPSA) is 32.8 Å². The fraction of sp³-hybridized carbons (Fsp3) is 0.933. The van der Waals surface area contributed by atoms with E-state index in [1.54, 1.807) is 7.11 Å². The quantitative estimate of drug-likeness (QED) is 0.705. The molecule has 0 heterocycles. The van der Waals surface area contributed by atoms with E-state index in [-0.39, 0.29) is 11.3 Å². The lowest BCUT2D eigenvalue weighted by Crippen LogP contribution is -2.42. The molecule has 0 radical (unpaired) electrons. The molecular formula is C15H28N2O2. The van der Waals surface area contributed by atoms with E-state index < -0.39 is 0 Å². The van der Waals surface area contributed by atoms with E-state index in [4.69, 9.17) is 4.74 Å². The Balaban J connectivity index is 1.74. The minimum absolute atomic E-state index is 0.185. The summed E-state index contributed by atoms with van der Waals surface area (Å²) in [4.78, 5) is 16.7. The molecule has 2 fully saturated rings. The predicted octanol–water partition coefficient (Wildman–Crippen LogP) is 1.75. The Kier molecular flexibility index (Phi) is 4.85. The molecule has 0 saturated heterocycles. The average Bonchev–Trinajstić information content (AvgIpc) is 2.98. The first kappa shape index (κ1) is 14.8. The number of hydrogen-bond donors (Lipinski definition) is 0. The fourth-order valence-corrected chi connectivity index (χ4v) is 3.19. The Labute approximate surface area is 117 Å². The van der Waals surface area contributed by atoms with Crippen LogP contribution in [0, 0.1) is 5.41 Å². The zero-order chi connectivity index (χ0) is 13.9. The molecule has 0 atom stereocenters. The van der Waals surface area contributed by atoms with E-state index in [9.17, 15) is 4.79 Å². The first-order valence-corrected chi connectivity index (χ1v) is 7.54. The summed E-state index contributed by atoms with van der Waals surface area (Å²) in [7, 11) is 5.80. The molecule has 2 rings (SSSR count). The number of likely N-dealkylation sites (N-methyl/N-ethyl adjacent to an activating group) is 2. The molecule has 4 heteroatoms. The molecule has 0 aromatic carbocycles. The largest absolute Gasteiger partial charge is 0.384 e. The van der Waals surface area contributed by atoms with Gasteiger partial charge < -0.3 is 14.5 Å². The Morgan fingerprint density at radius 1 is 1.21 bits per heavy atom. The highest BCUT2D eigenvalue weighted by Gasteiger charge is 2.51. The number of amides is 1. The summed E-state index contributed by atoms with van der Waals surface area (Å²) in [5.74, 6) is 0.272. The lowest BCUT2D eigenvalue weighted by Gasteiger charge is -2.28. The van der Waals surface area contributed by atoms with Crippen LogP contribution in [0.15, 0.2) is 0 Å². The van der Waals surface area contributed by atoms with Crippen LogP contribution in [0.4, 0.5) is 0 Å². The highest BCUT2D eigenvalue weighted by Crippen LogP contribution is 2.47. The zero-order valence-corrected chi connectivity index (χ0v) is 12.7. The molecule has 0 unspecified atom stereocenters. The smallest absolute Gasteiger partial charge is 0.230 e. The molecular weight excluding hydrogens is 240 g/mol. The van der Waals surface area contributed by atoms with Gasteiger partial charge >= 0.3 is 0 Å². The van der Waals surface area contributed by atoms with Crippen LogP contribution >= 0.6 is 0 Å². The van der Waals surface area contributed by atoms with Gasteiger partial charge in [-0.15, -0.1) is 0 Å². The molecule has 0 aromatic rings. The van der Waals surface area contributed by atoms with Gasteiger partial charge in [-0.25, -0.2) is 0 Å². The highest BCUT2D eigenvalue weighted by atomic mass is 16.5. The number of hydrogen-bond acceptors (Lipinski definition) is 3. The lowest BCUT2D eigenvalue weighted by molar-refractivity contribution is -0.137. The third-order valence-corrected chi connectivity index (χ3v) is 4.81. The first-order valence-electron chi connectivity index (χ1n) is 7.54. The Morgan fingerprint density at radius 2 is 1.84 bits per heavy atom. The molecule has 110 valence electrons. The summed E-state index contributed by atoms with van der Waals surface area (Å²) in [6.45, 7) is 2.39. The maximum Gasteiger partial charge on any atom is 0.230 e. The molecule has 2 aliphatic rings. The fourth-order valence-electron chi connectivity index (χ4n) is 3.19. The molecule has 4 nitrogen and oxygen atoms in total. The monoisotopic (exact) mass is 268 g/mol. The molecule has 2 aliphatic carbocycles. The van der Waals surface area contributed by atoms with E-state index in [2.05, 4.69) is 11.9 Å². The molecule has 0 bridgehead atoms. The number of methoxy groups -OCH3 is 1. The molecule has 2 saturated carbocycles. The predicted molar refractivity (Wildman–Crippen MR) is 76.1 cm³/mol. The van der Waals surface area contributed by atoms with Crippen LogP contribution in [0.1, 0.15) is 38.5 Å². The third kappa shape index (κ3) is 3.48. The third-order valence-electron chi connectivity index (χ3n) is 4.81. The maximum absolute atomic E-state index is 12.4. The summed E-state index contributed by atoms with van der Waals surface area (Å²) in [5, 5.41) is 0. The molecule has 0 N–H and O–H groups in total. The van der Waals surface area contributed by atoms with Gasteiger partial charge in [-0.1, -0.05) is 12.8 Å². The van der Waals surface area contributed by atoms with Gasteiger partial charge in [0.1, 0.15) is 0 Å². The van der Waals surface area contributed by atoms with Crippen LogP contribution in [0.3, 0.4) is 0 Å². The van der Waals surface area contributed by atoms with Gasteiger partial charge in [-0.2, -0.15) is 0 Å². The van der Waals surface area contributed by atoms with E-state index in [1.165, 1.54) is 25.7 Å². The van der Waals surface area contributed by atoms with Crippen molar-refractivity contribution in [1.82, 2.24) is 9.80 Å². The van der Waals surface area contributed by atoms with Crippen molar-refractivity contribution in [2.45, 2.75) is 44.6 Å². The second kappa shape index (κ2) is 6.23. The molecule has 19 heavy (non-hydrogen) atoms. The van der Waals surface area contributed by atoms with Crippen LogP contribution < -0.4 is 0 Å². The van der Waals surface area contributed by atoms with Crippen molar-refractivity contribution in [3.8, 4) is 0 Å². The summed E-state index contributed by atoms with van der Waals surface area (Å²) in [6, 6.07) is 0.734. The SMILES string of the molecule is COCC1(C(=O)N(C)CCN(C)C2CCCC2)CC1. The van der Waals surface area contributed by atoms with Gasteiger partial charge in [0.05, 0.1) is 12.0 Å². The van der Waals surface area contributed by atoms with Gasteiger partial charge in [-0.05, 0) is 32.7 Å². The van der Waals surface area contributed by atoms with Crippen molar-refractivity contribution in [3.63, 3.8) is 0 Å². The average molecular weight is 268 g/mol. The molecule has 1 amide bonds. The van der Waals surface area contributed by atoms with Crippen LogP contribution in [-0.4, -0.2) is 62.7 Å². The van der Waals surface area contributed by atoms with Gasteiger partial charge in [0, 0.05) is 33.3 Å². The number of carbonyl (C=O) groups excluding carboxylic acids is 1. The van der Waals surface area contributed by atoms with Crippen molar-refractivity contribution in [2.24, 2.45) is 5.41 Å². The van der Waals surface area contributed by atoms with Crippen molar-refractivity contribution < 1.29 is 9.53 Å². The molecule has 0 aromatic heterocycles. The van der Waals surface area contributed by atoms with E-state index in [1.807, 2.05) is 11.9 Å². The highest BCUT2D eigenvalue weighted by molar-refractivity contribution is 5.85. The van der Waals surface area contributed by atoms with E-state index >= 15 is 0 Å². The summed E-state index contributed by atoms with van der Waals surface area (Å²) in [6.07, 6.45) is 7.34. The first-order chi connectivity index (χ1) is 9.09. The van der Waals surface area contributed by atoms with Crippen molar-refractivity contribution in [1.29, 1.82) is 0 Å².